The van der Waals surface area contributed by atoms with Gasteiger partial charge >= 0.3 is 0 Å². The van der Waals surface area contributed by atoms with Crippen LogP contribution >= 0.6 is 0 Å². The second-order valence-electron chi connectivity index (χ2n) is 6.41. The number of rotatable bonds is 3. The van der Waals surface area contributed by atoms with E-state index in [9.17, 15) is 0 Å². The molecule has 0 aromatic heterocycles. The van der Waals surface area contributed by atoms with E-state index in [0.717, 1.165) is 23.9 Å². The van der Waals surface area contributed by atoms with Gasteiger partial charge in [-0.3, -0.25) is 0 Å². The topological polar surface area (TPSA) is 15.3 Å². The second-order valence-corrected chi connectivity index (χ2v) is 6.41. The van der Waals surface area contributed by atoms with Crippen LogP contribution in [0.3, 0.4) is 0 Å². The lowest BCUT2D eigenvalue weighted by atomic mass is 9.78. The van der Waals surface area contributed by atoms with Gasteiger partial charge in [0, 0.05) is 18.6 Å². The van der Waals surface area contributed by atoms with E-state index in [0.29, 0.717) is 0 Å². The van der Waals surface area contributed by atoms with Gasteiger partial charge in [-0.15, -0.1) is 0 Å². The van der Waals surface area contributed by atoms with Gasteiger partial charge in [0.15, 0.2) is 0 Å². The summed E-state index contributed by atoms with van der Waals surface area (Å²) in [5, 5.41) is 3.55. The minimum absolute atomic E-state index is 0.764. The van der Waals surface area contributed by atoms with Crippen molar-refractivity contribution in [2.45, 2.75) is 64.5 Å². The number of likely N-dealkylation sites (tertiary alicyclic amines) is 1. The molecular weight excluding hydrogens is 208 g/mol. The summed E-state index contributed by atoms with van der Waals surface area (Å²) in [5.74, 6) is 1.81. The zero-order chi connectivity index (χ0) is 12.3. The summed E-state index contributed by atoms with van der Waals surface area (Å²) in [7, 11) is 2.15. The first-order chi connectivity index (χ1) is 8.20. The third kappa shape index (κ3) is 3.45. The number of nitrogens with one attached hydrogen (secondary N) is 1. The molecule has 2 fully saturated rings. The Hall–Kier alpha value is -0.0800. The molecule has 0 aromatic carbocycles. The molecule has 0 radical (unpaired) electrons. The van der Waals surface area contributed by atoms with Gasteiger partial charge in [0.25, 0.3) is 0 Å². The number of hydrogen-bond donors (Lipinski definition) is 1. The van der Waals surface area contributed by atoms with E-state index >= 15 is 0 Å². The average Bonchev–Trinajstić information content (AvgIpc) is 2.32. The van der Waals surface area contributed by atoms with Crippen molar-refractivity contribution in [2.75, 3.05) is 20.1 Å². The van der Waals surface area contributed by atoms with Crippen LogP contribution in [0.1, 0.15) is 52.4 Å². The molecular formula is C15H30N2. The van der Waals surface area contributed by atoms with Gasteiger partial charge in [0.1, 0.15) is 0 Å². The van der Waals surface area contributed by atoms with Crippen molar-refractivity contribution in [2.24, 2.45) is 11.8 Å². The van der Waals surface area contributed by atoms with Crippen LogP contribution in [0.4, 0.5) is 0 Å². The largest absolute Gasteiger partial charge is 0.317 e. The smallest absolute Gasteiger partial charge is 0.0105 e. The maximum Gasteiger partial charge on any atom is 0.0105 e. The highest BCUT2D eigenvalue weighted by Gasteiger charge is 2.30. The van der Waals surface area contributed by atoms with Gasteiger partial charge in [-0.1, -0.05) is 13.3 Å². The van der Waals surface area contributed by atoms with Crippen LogP contribution in [-0.4, -0.2) is 37.1 Å². The highest BCUT2D eigenvalue weighted by molar-refractivity contribution is 4.86. The molecule has 100 valence electrons. The normalized spacial score (nSPS) is 40.4. The van der Waals surface area contributed by atoms with Gasteiger partial charge < -0.3 is 10.2 Å². The maximum atomic E-state index is 3.55. The summed E-state index contributed by atoms with van der Waals surface area (Å²) < 4.78 is 0. The first kappa shape index (κ1) is 13.4. The molecule has 17 heavy (non-hydrogen) atoms. The Bertz CT molecular complexity index is 229. The SMILES string of the molecule is CNC1CCC(C)CC1CN1CCCCC1C. The summed E-state index contributed by atoms with van der Waals surface area (Å²) in [6, 6.07) is 1.58. The van der Waals surface area contributed by atoms with Crippen LogP contribution in [0.25, 0.3) is 0 Å². The summed E-state index contributed by atoms with van der Waals surface area (Å²) in [5.41, 5.74) is 0. The van der Waals surface area contributed by atoms with E-state index in [1.54, 1.807) is 0 Å². The second kappa shape index (κ2) is 6.19. The molecule has 2 rings (SSSR count). The maximum absolute atomic E-state index is 3.55. The molecule has 1 heterocycles. The highest BCUT2D eigenvalue weighted by atomic mass is 15.2. The highest BCUT2D eigenvalue weighted by Crippen LogP contribution is 2.31. The molecule has 0 bridgehead atoms. The summed E-state index contributed by atoms with van der Waals surface area (Å²) in [4.78, 5) is 2.75. The monoisotopic (exact) mass is 238 g/mol. The van der Waals surface area contributed by atoms with E-state index in [1.165, 1.54) is 51.6 Å². The Morgan fingerprint density at radius 3 is 2.65 bits per heavy atom. The Morgan fingerprint density at radius 1 is 1.12 bits per heavy atom. The molecule has 2 aliphatic rings. The van der Waals surface area contributed by atoms with Gasteiger partial charge in [-0.2, -0.15) is 0 Å². The Morgan fingerprint density at radius 2 is 1.94 bits per heavy atom. The molecule has 1 aliphatic heterocycles. The van der Waals surface area contributed by atoms with E-state index in [4.69, 9.17) is 0 Å². The van der Waals surface area contributed by atoms with E-state index < -0.39 is 0 Å². The first-order valence-corrected chi connectivity index (χ1v) is 7.62. The minimum atomic E-state index is 0.764. The lowest BCUT2D eigenvalue weighted by molar-refractivity contribution is 0.0978. The molecule has 1 saturated carbocycles. The first-order valence-electron chi connectivity index (χ1n) is 7.62. The van der Waals surface area contributed by atoms with Crippen molar-refractivity contribution in [3.63, 3.8) is 0 Å². The zero-order valence-electron chi connectivity index (χ0n) is 11.9. The molecule has 1 saturated heterocycles. The standard InChI is InChI=1S/C15H30N2/c1-12-7-8-15(16-3)14(10-12)11-17-9-5-4-6-13(17)2/h12-16H,4-11H2,1-3H3. The molecule has 1 N–H and O–H groups in total. The fraction of sp³-hybridized carbons (Fsp3) is 1.00. The summed E-state index contributed by atoms with van der Waals surface area (Å²) in [6.07, 6.45) is 8.48. The number of hydrogen-bond acceptors (Lipinski definition) is 2. The summed E-state index contributed by atoms with van der Waals surface area (Å²) >= 11 is 0. The zero-order valence-corrected chi connectivity index (χ0v) is 11.9. The average molecular weight is 238 g/mol. The third-order valence-corrected chi connectivity index (χ3v) is 5.03. The third-order valence-electron chi connectivity index (χ3n) is 5.03. The molecule has 2 nitrogen and oxygen atoms in total. The van der Waals surface area contributed by atoms with Crippen LogP contribution in [0.15, 0.2) is 0 Å². The van der Waals surface area contributed by atoms with Crippen molar-refractivity contribution in [1.29, 1.82) is 0 Å². The van der Waals surface area contributed by atoms with E-state index in [2.05, 4.69) is 31.1 Å². The van der Waals surface area contributed by atoms with Crippen molar-refractivity contribution < 1.29 is 0 Å². The van der Waals surface area contributed by atoms with Crippen molar-refractivity contribution in [1.82, 2.24) is 10.2 Å². The van der Waals surface area contributed by atoms with Gasteiger partial charge in [-0.25, -0.2) is 0 Å². The quantitative estimate of drug-likeness (QED) is 0.813. The van der Waals surface area contributed by atoms with E-state index in [1.807, 2.05) is 0 Å². The molecule has 4 atom stereocenters. The lowest BCUT2D eigenvalue weighted by Crippen LogP contribution is -2.47. The number of piperidine rings is 1. The predicted molar refractivity (Wildman–Crippen MR) is 74.2 cm³/mol. The molecule has 0 aromatic rings. The Labute approximate surface area is 107 Å². The van der Waals surface area contributed by atoms with Crippen molar-refractivity contribution in [3.05, 3.63) is 0 Å². The van der Waals surface area contributed by atoms with Crippen LogP contribution in [0.2, 0.25) is 0 Å². The number of nitrogens with zero attached hydrogens (tertiary/aromatic N) is 1. The Kier molecular flexibility index (Phi) is 4.87. The van der Waals surface area contributed by atoms with Crippen molar-refractivity contribution in [3.8, 4) is 0 Å². The van der Waals surface area contributed by atoms with Crippen LogP contribution in [-0.2, 0) is 0 Å². The van der Waals surface area contributed by atoms with Gasteiger partial charge in [0.05, 0.1) is 0 Å². The minimum Gasteiger partial charge on any atom is -0.317 e. The van der Waals surface area contributed by atoms with Crippen LogP contribution < -0.4 is 5.32 Å². The van der Waals surface area contributed by atoms with Crippen molar-refractivity contribution >= 4 is 0 Å². The molecule has 4 unspecified atom stereocenters. The Balaban J connectivity index is 1.90. The fourth-order valence-electron chi connectivity index (χ4n) is 3.81. The fourth-order valence-corrected chi connectivity index (χ4v) is 3.81. The van der Waals surface area contributed by atoms with Crippen LogP contribution in [0, 0.1) is 11.8 Å². The van der Waals surface area contributed by atoms with E-state index in [-0.39, 0.29) is 0 Å². The molecule has 2 heteroatoms. The summed E-state index contributed by atoms with van der Waals surface area (Å²) in [6.45, 7) is 7.51. The predicted octanol–water partition coefficient (Wildman–Crippen LogP) is 2.89. The van der Waals surface area contributed by atoms with Gasteiger partial charge in [-0.05, 0) is 64.5 Å². The lowest BCUT2D eigenvalue weighted by Gasteiger charge is -2.41. The molecule has 1 aliphatic carbocycles. The van der Waals surface area contributed by atoms with Gasteiger partial charge in [0.2, 0.25) is 0 Å². The van der Waals surface area contributed by atoms with Crippen LogP contribution in [0.5, 0.6) is 0 Å². The molecule has 0 spiro atoms. The molecule has 0 amide bonds.